The fourth-order valence-corrected chi connectivity index (χ4v) is 2.35. The summed E-state index contributed by atoms with van der Waals surface area (Å²) in [6, 6.07) is 12.0. The van der Waals surface area contributed by atoms with E-state index in [4.69, 9.17) is 0 Å². The molecule has 3 aromatic heterocycles. The van der Waals surface area contributed by atoms with Gasteiger partial charge >= 0.3 is 0 Å². The van der Waals surface area contributed by atoms with E-state index >= 15 is 0 Å². The van der Waals surface area contributed by atoms with Crippen LogP contribution < -0.4 is 0 Å². The van der Waals surface area contributed by atoms with E-state index in [1.165, 1.54) is 11.9 Å². The van der Waals surface area contributed by atoms with Crippen molar-refractivity contribution < 1.29 is 0 Å². The standard InChI is InChI=1S/C15H11N5/c1-10-4-2-5-11(8-10)14-19-12-6-3-7-16-13(12)15-17-9-18-20(14)15/h2-9H,1H3. The first-order chi connectivity index (χ1) is 9.83. The quantitative estimate of drug-likeness (QED) is 0.528. The molecule has 96 valence electrons. The number of hydrogen-bond acceptors (Lipinski definition) is 4. The van der Waals surface area contributed by atoms with Gasteiger partial charge in [-0.15, -0.1) is 0 Å². The molecule has 0 aliphatic rings. The van der Waals surface area contributed by atoms with Gasteiger partial charge in [-0.1, -0.05) is 23.8 Å². The fraction of sp³-hybridized carbons (Fsp3) is 0.0667. The van der Waals surface area contributed by atoms with Gasteiger partial charge in [0.2, 0.25) is 0 Å². The van der Waals surface area contributed by atoms with E-state index in [1.54, 1.807) is 10.7 Å². The molecule has 0 N–H and O–H groups in total. The van der Waals surface area contributed by atoms with Crippen LogP contribution in [0.25, 0.3) is 28.1 Å². The molecule has 0 amide bonds. The molecular formula is C15H11N5. The number of hydrogen-bond donors (Lipinski definition) is 0. The van der Waals surface area contributed by atoms with Gasteiger partial charge in [0.05, 0.1) is 5.52 Å². The third kappa shape index (κ3) is 1.56. The molecule has 0 aliphatic carbocycles. The van der Waals surface area contributed by atoms with Crippen LogP contribution >= 0.6 is 0 Å². The van der Waals surface area contributed by atoms with Gasteiger partial charge in [-0.2, -0.15) is 9.61 Å². The summed E-state index contributed by atoms with van der Waals surface area (Å²) in [4.78, 5) is 13.3. The SMILES string of the molecule is Cc1cccc(-c2nc3cccnc3c3ncnn23)c1. The maximum absolute atomic E-state index is 4.68. The summed E-state index contributed by atoms with van der Waals surface area (Å²) in [5.41, 5.74) is 4.52. The highest BCUT2D eigenvalue weighted by molar-refractivity contribution is 5.88. The van der Waals surface area contributed by atoms with Gasteiger partial charge in [-0.05, 0) is 25.1 Å². The fourth-order valence-electron chi connectivity index (χ4n) is 2.35. The molecule has 0 aliphatic heterocycles. The van der Waals surface area contributed by atoms with Crippen LogP contribution in [0.1, 0.15) is 5.56 Å². The van der Waals surface area contributed by atoms with Crippen molar-refractivity contribution in [3.05, 3.63) is 54.5 Å². The van der Waals surface area contributed by atoms with Crippen molar-refractivity contribution in [2.24, 2.45) is 0 Å². The van der Waals surface area contributed by atoms with Gasteiger partial charge in [0.1, 0.15) is 11.8 Å². The molecule has 0 saturated carbocycles. The van der Waals surface area contributed by atoms with Crippen LogP contribution in [-0.2, 0) is 0 Å². The summed E-state index contributed by atoms with van der Waals surface area (Å²) in [5, 5.41) is 4.28. The highest BCUT2D eigenvalue weighted by atomic mass is 15.3. The molecule has 0 unspecified atom stereocenters. The van der Waals surface area contributed by atoms with Crippen molar-refractivity contribution in [2.45, 2.75) is 6.92 Å². The number of pyridine rings is 1. The number of aryl methyl sites for hydroxylation is 1. The van der Waals surface area contributed by atoms with Crippen LogP contribution in [0.2, 0.25) is 0 Å². The predicted molar refractivity (Wildman–Crippen MR) is 76.3 cm³/mol. The third-order valence-electron chi connectivity index (χ3n) is 3.25. The molecule has 0 spiro atoms. The summed E-state index contributed by atoms with van der Waals surface area (Å²) >= 11 is 0. The monoisotopic (exact) mass is 261 g/mol. The average molecular weight is 261 g/mol. The second kappa shape index (κ2) is 4.09. The van der Waals surface area contributed by atoms with Crippen molar-refractivity contribution in [3.63, 3.8) is 0 Å². The van der Waals surface area contributed by atoms with E-state index in [0.717, 1.165) is 28.1 Å². The Bertz CT molecular complexity index is 926. The zero-order valence-corrected chi connectivity index (χ0v) is 10.9. The van der Waals surface area contributed by atoms with E-state index in [2.05, 4.69) is 39.1 Å². The Kier molecular flexibility index (Phi) is 2.26. The summed E-state index contributed by atoms with van der Waals surface area (Å²) < 4.78 is 1.74. The van der Waals surface area contributed by atoms with Crippen LogP contribution in [0.5, 0.6) is 0 Å². The molecule has 0 bridgehead atoms. The lowest BCUT2D eigenvalue weighted by Gasteiger charge is -2.06. The largest absolute Gasteiger partial charge is 0.251 e. The van der Waals surface area contributed by atoms with Crippen molar-refractivity contribution in [1.29, 1.82) is 0 Å². The zero-order chi connectivity index (χ0) is 13.5. The molecule has 4 rings (SSSR count). The Morgan fingerprint density at radius 3 is 2.90 bits per heavy atom. The maximum atomic E-state index is 4.68. The summed E-state index contributed by atoms with van der Waals surface area (Å²) in [6.07, 6.45) is 3.27. The van der Waals surface area contributed by atoms with Gasteiger partial charge in [-0.3, -0.25) is 4.98 Å². The Labute approximate surface area is 115 Å². The summed E-state index contributed by atoms with van der Waals surface area (Å²) in [6.45, 7) is 2.06. The Morgan fingerprint density at radius 2 is 2.00 bits per heavy atom. The minimum Gasteiger partial charge on any atom is -0.251 e. The van der Waals surface area contributed by atoms with E-state index in [0.29, 0.717) is 0 Å². The van der Waals surface area contributed by atoms with E-state index < -0.39 is 0 Å². The summed E-state index contributed by atoms with van der Waals surface area (Å²) in [5.74, 6) is 0.779. The van der Waals surface area contributed by atoms with Crippen molar-refractivity contribution >= 4 is 16.7 Å². The maximum Gasteiger partial charge on any atom is 0.185 e. The zero-order valence-electron chi connectivity index (χ0n) is 10.9. The molecule has 5 heteroatoms. The van der Waals surface area contributed by atoms with Gasteiger partial charge in [-0.25, -0.2) is 9.97 Å². The molecule has 0 radical (unpaired) electrons. The molecule has 5 nitrogen and oxygen atoms in total. The second-order valence-corrected chi connectivity index (χ2v) is 4.67. The lowest BCUT2D eigenvalue weighted by molar-refractivity contribution is 0.942. The Balaban J connectivity index is 2.14. The van der Waals surface area contributed by atoms with Crippen LogP contribution in [-0.4, -0.2) is 24.6 Å². The number of nitrogens with zero attached hydrogens (tertiary/aromatic N) is 5. The molecule has 0 saturated heterocycles. The minimum absolute atomic E-state index is 0.729. The third-order valence-corrected chi connectivity index (χ3v) is 3.25. The van der Waals surface area contributed by atoms with Crippen molar-refractivity contribution in [1.82, 2.24) is 24.6 Å². The Hall–Kier alpha value is -2.82. The van der Waals surface area contributed by atoms with Crippen LogP contribution in [0.3, 0.4) is 0 Å². The first-order valence-corrected chi connectivity index (χ1v) is 6.34. The minimum atomic E-state index is 0.729. The topological polar surface area (TPSA) is 56.0 Å². The second-order valence-electron chi connectivity index (χ2n) is 4.67. The van der Waals surface area contributed by atoms with Crippen LogP contribution in [0.15, 0.2) is 48.9 Å². The highest BCUT2D eigenvalue weighted by Crippen LogP contribution is 2.23. The predicted octanol–water partition coefficient (Wildman–Crippen LogP) is 2.65. The molecule has 3 heterocycles. The number of benzene rings is 1. The molecular weight excluding hydrogens is 250 g/mol. The highest BCUT2D eigenvalue weighted by Gasteiger charge is 2.12. The van der Waals surface area contributed by atoms with E-state index in [1.807, 2.05) is 24.3 Å². The van der Waals surface area contributed by atoms with Crippen LogP contribution in [0, 0.1) is 6.92 Å². The average Bonchev–Trinajstić information content (AvgIpc) is 2.96. The van der Waals surface area contributed by atoms with Gasteiger partial charge < -0.3 is 0 Å². The molecule has 4 aromatic rings. The molecule has 0 atom stereocenters. The molecule has 0 fully saturated rings. The first-order valence-electron chi connectivity index (χ1n) is 6.34. The molecule has 1 aromatic carbocycles. The van der Waals surface area contributed by atoms with Gasteiger partial charge in [0.15, 0.2) is 11.5 Å². The first kappa shape index (κ1) is 11.0. The number of fused-ring (bicyclic) bond motifs is 3. The smallest absolute Gasteiger partial charge is 0.185 e. The Morgan fingerprint density at radius 1 is 1.05 bits per heavy atom. The van der Waals surface area contributed by atoms with Crippen LogP contribution in [0.4, 0.5) is 0 Å². The van der Waals surface area contributed by atoms with Crippen molar-refractivity contribution in [3.8, 4) is 11.4 Å². The lowest BCUT2D eigenvalue weighted by Crippen LogP contribution is -2.00. The van der Waals surface area contributed by atoms with Gasteiger partial charge in [0, 0.05) is 11.8 Å². The van der Waals surface area contributed by atoms with Crippen molar-refractivity contribution in [2.75, 3.05) is 0 Å². The van der Waals surface area contributed by atoms with E-state index in [-0.39, 0.29) is 0 Å². The number of rotatable bonds is 1. The number of aromatic nitrogens is 5. The normalized spacial score (nSPS) is 11.2. The van der Waals surface area contributed by atoms with E-state index in [9.17, 15) is 0 Å². The molecule has 20 heavy (non-hydrogen) atoms. The van der Waals surface area contributed by atoms with Gasteiger partial charge in [0.25, 0.3) is 0 Å². The lowest BCUT2D eigenvalue weighted by atomic mass is 10.1. The summed E-state index contributed by atoms with van der Waals surface area (Å²) in [7, 11) is 0.